The van der Waals surface area contributed by atoms with Crippen LogP contribution in [0.1, 0.15) is 31.4 Å². The summed E-state index contributed by atoms with van der Waals surface area (Å²) in [6.45, 7) is 7.77. The van der Waals surface area contributed by atoms with E-state index in [-0.39, 0.29) is 18.2 Å². The molecule has 7 nitrogen and oxygen atoms in total. The van der Waals surface area contributed by atoms with E-state index in [1.807, 2.05) is 45.9 Å². The third-order valence-electron chi connectivity index (χ3n) is 4.03. The van der Waals surface area contributed by atoms with Crippen molar-refractivity contribution in [2.45, 2.75) is 40.2 Å². The van der Waals surface area contributed by atoms with Crippen LogP contribution in [-0.4, -0.2) is 28.8 Å². The summed E-state index contributed by atoms with van der Waals surface area (Å²) < 4.78 is 0. The van der Waals surface area contributed by atoms with Gasteiger partial charge in [0, 0.05) is 5.69 Å². The fourth-order valence-corrected chi connectivity index (χ4v) is 2.71. The van der Waals surface area contributed by atoms with Crippen LogP contribution in [0.25, 0.3) is 0 Å². The Morgan fingerprint density at radius 3 is 2.75 bits per heavy atom. The third-order valence-corrected chi connectivity index (χ3v) is 4.03. The van der Waals surface area contributed by atoms with Crippen LogP contribution in [0.2, 0.25) is 0 Å². The number of hydrogen-bond donors (Lipinski definition) is 3. The largest absolute Gasteiger partial charge is 0.324 e. The lowest BCUT2D eigenvalue weighted by Crippen LogP contribution is -2.61. The monoisotopic (exact) mass is 327 g/mol. The van der Waals surface area contributed by atoms with Crippen molar-refractivity contribution in [3.05, 3.63) is 40.7 Å². The topological polar surface area (TPSA) is 85.8 Å². The van der Waals surface area contributed by atoms with Gasteiger partial charge in [0.2, 0.25) is 17.8 Å². The number of hydrogen-bond acceptors (Lipinski definition) is 5. The second kappa shape index (κ2) is 5.99. The molecule has 0 aromatic heterocycles. The first-order valence-corrected chi connectivity index (χ1v) is 7.85. The first-order chi connectivity index (χ1) is 11.3. The minimum Gasteiger partial charge on any atom is -0.324 e. The molecule has 3 rings (SSSR count). The molecular weight excluding hydrogens is 306 g/mol. The number of hydrazine groups is 1. The summed E-state index contributed by atoms with van der Waals surface area (Å²) in [6, 6.07) is 5.17. The number of nitrogens with zero attached hydrogens (tertiary/aromatic N) is 2. The van der Waals surface area contributed by atoms with Crippen molar-refractivity contribution in [3.8, 4) is 0 Å². The molecule has 0 bridgehead atoms. The Morgan fingerprint density at radius 1 is 1.33 bits per heavy atom. The minimum atomic E-state index is -0.657. The number of aryl methyl sites for hydroxylation is 2. The summed E-state index contributed by atoms with van der Waals surface area (Å²) in [5, 5.41) is 7.22. The molecule has 0 radical (unpaired) electrons. The number of carbonyl (C=O) groups is 2. The zero-order valence-electron chi connectivity index (χ0n) is 14.2. The molecule has 3 N–H and O–H groups in total. The summed E-state index contributed by atoms with van der Waals surface area (Å²) in [7, 11) is 0. The molecule has 24 heavy (non-hydrogen) atoms. The van der Waals surface area contributed by atoms with Crippen LogP contribution >= 0.6 is 0 Å². The number of amides is 2. The molecule has 0 aliphatic carbocycles. The number of aliphatic imine (C=N–C) groups is 1. The van der Waals surface area contributed by atoms with Crippen LogP contribution in [0.3, 0.4) is 0 Å². The highest BCUT2D eigenvalue weighted by Gasteiger charge is 2.39. The number of benzene rings is 1. The first-order valence-electron chi connectivity index (χ1n) is 7.85. The maximum Gasteiger partial charge on any atom is 0.249 e. The van der Waals surface area contributed by atoms with Gasteiger partial charge in [0.15, 0.2) is 0 Å². The second-order valence-electron chi connectivity index (χ2n) is 6.34. The van der Waals surface area contributed by atoms with Gasteiger partial charge in [-0.2, -0.15) is 4.99 Å². The average molecular weight is 327 g/mol. The standard InChI is InChI=1S/C17H21N5O2/c1-9(2)15-20-17-19-14(23)8-13(22(17)21-15)16(24)18-12-6-5-10(3)7-11(12)4/h5-7,13,21H,8H2,1-4H3,(H,18,24)(H,19,20,23)/t13-/m1/s1. The second-order valence-corrected chi connectivity index (χ2v) is 6.34. The molecule has 2 aliphatic heterocycles. The molecule has 0 unspecified atom stereocenters. The normalized spacial score (nSPS) is 19.2. The van der Waals surface area contributed by atoms with E-state index >= 15 is 0 Å². The van der Waals surface area contributed by atoms with E-state index in [0.29, 0.717) is 11.8 Å². The van der Waals surface area contributed by atoms with Gasteiger partial charge in [-0.1, -0.05) is 17.7 Å². The van der Waals surface area contributed by atoms with Crippen molar-refractivity contribution in [1.82, 2.24) is 15.8 Å². The lowest BCUT2D eigenvalue weighted by molar-refractivity contribution is -0.129. The molecule has 0 saturated carbocycles. The van der Waals surface area contributed by atoms with Crippen LogP contribution in [0, 0.1) is 13.8 Å². The maximum absolute atomic E-state index is 12.7. The van der Waals surface area contributed by atoms with E-state index in [4.69, 9.17) is 0 Å². The fraction of sp³-hybridized carbons (Fsp3) is 0.353. The molecule has 2 heterocycles. The Labute approximate surface area is 140 Å². The van der Waals surface area contributed by atoms with Crippen molar-refractivity contribution in [1.29, 1.82) is 0 Å². The Hall–Kier alpha value is -2.83. The average Bonchev–Trinajstić information content (AvgIpc) is 2.93. The summed E-state index contributed by atoms with van der Waals surface area (Å²) in [5.74, 6) is 0.550. The van der Waals surface area contributed by atoms with E-state index in [1.165, 1.54) is 0 Å². The van der Waals surface area contributed by atoms with Gasteiger partial charge in [0.1, 0.15) is 11.9 Å². The maximum atomic E-state index is 12.7. The smallest absolute Gasteiger partial charge is 0.249 e. The molecule has 1 aromatic carbocycles. The van der Waals surface area contributed by atoms with Crippen molar-refractivity contribution in [2.75, 3.05) is 5.32 Å². The number of allylic oxidation sites excluding steroid dienone is 1. The summed E-state index contributed by atoms with van der Waals surface area (Å²) in [6.07, 6.45) is 0.0683. The van der Waals surface area contributed by atoms with E-state index in [0.717, 1.165) is 22.4 Å². The molecule has 7 heteroatoms. The van der Waals surface area contributed by atoms with Crippen LogP contribution in [0.4, 0.5) is 5.69 Å². The number of anilines is 1. The molecule has 2 aliphatic rings. The Kier molecular flexibility index (Phi) is 4.01. The van der Waals surface area contributed by atoms with Gasteiger partial charge in [-0.3, -0.25) is 20.3 Å². The van der Waals surface area contributed by atoms with Gasteiger partial charge >= 0.3 is 0 Å². The van der Waals surface area contributed by atoms with Gasteiger partial charge in [0.25, 0.3) is 0 Å². The van der Waals surface area contributed by atoms with Crippen molar-refractivity contribution < 1.29 is 9.59 Å². The van der Waals surface area contributed by atoms with Crippen LogP contribution in [-0.2, 0) is 9.59 Å². The quantitative estimate of drug-likeness (QED) is 0.769. The minimum absolute atomic E-state index is 0.0683. The molecule has 2 amide bonds. The highest BCUT2D eigenvalue weighted by Crippen LogP contribution is 2.21. The zero-order valence-corrected chi connectivity index (χ0v) is 14.2. The van der Waals surface area contributed by atoms with Gasteiger partial charge < -0.3 is 5.32 Å². The van der Waals surface area contributed by atoms with Crippen LogP contribution in [0.15, 0.2) is 34.6 Å². The van der Waals surface area contributed by atoms with Crippen molar-refractivity contribution in [3.63, 3.8) is 0 Å². The summed E-state index contributed by atoms with van der Waals surface area (Å²) in [4.78, 5) is 29.0. The van der Waals surface area contributed by atoms with Crippen molar-refractivity contribution >= 4 is 23.5 Å². The third kappa shape index (κ3) is 2.97. The van der Waals surface area contributed by atoms with E-state index in [1.54, 1.807) is 5.01 Å². The molecular formula is C17H21N5O2. The van der Waals surface area contributed by atoms with Gasteiger partial charge in [-0.15, -0.1) is 0 Å². The van der Waals surface area contributed by atoms with E-state index in [2.05, 4.69) is 21.1 Å². The highest BCUT2D eigenvalue weighted by molar-refractivity contribution is 6.07. The number of fused-ring (bicyclic) bond motifs is 1. The SMILES string of the molecule is CC(C)=C1N=C2NC(=O)C[C@H](C(=O)Nc3ccc(C)cc3C)N2N1. The molecule has 1 atom stereocenters. The highest BCUT2D eigenvalue weighted by atomic mass is 16.2. The van der Waals surface area contributed by atoms with Crippen molar-refractivity contribution in [2.24, 2.45) is 4.99 Å². The lowest BCUT2D eigenvalue weighted by atomic mass is 10.1. The molecule has 1 fully saturated rings. The number of nitrogens with one attached hydrogen (secondary N) is 3. The predicted octanol–water partition coefficient (Wildman–Crippen LogP) is 1.56. The first kappa shape index (κ1) is 16.0. The summed E-state index contributed by atoms with van der Waals surface area (Å²) in [5.41, 5.74) is 6.92. The molecule has 0 spiro atoms. The molecule has 1 aromatic rings. The Balaban J connectivity index is 1.83. The van der Waals surface area contributed by atoms with E-state index < -0.39 is 6.04 Å². The van der Waals surface area contributed by atoms with Gasteiger partial charge in [-0.25, -0.2) is 5.01 Å². The Morgan fingerprint density at radius 2 is 2.08 bits per heavy atom. The predicted molar refractivity (Wildman–Crippen MR) is 91.9 cm³/mol. The summed E-state index contributed by atoms with van der Waals surface area (Å²) >= 11 is 0. The van der Waals surface area contributed by atoms with Crippen LogP contribution in [0.5, 0.6) is 0 Å². The molecule has 126 valence electrons. The van der Waals surface area contributed by atoms with E-state index in [9.17, 15) is 9.59 Å². The number of guanidine groups is 1. The lowest BCUT2D eigenvalue weighted by Gasteiger charge is -2.32. The van der Waals surface area contributed by atoms with Gasteiger partial charge in [-0.05, 0) is 44.9 Å². The van der Waals surface area contributed by atoms with Gasteiger partial charge in [0.05, 0.1) is 6.42 Å². The number of rotatable bonds is 2. The Bertz CT molecular complexity index is 777. The van der Waals surface area contributed by atoms with Crippen LogP contribution < -0.4 is 16.1 Å². The fourth-order valence-electron chi connectivity index (χ4n) is 2.71. The molecule has 1 saturated heterocycles. The number of carbonyl (C=O) groups excluding carboxylic acids is 2. The zero-order chi connectivity index (χ0) is 17.4.